The van der Waals surface area contributed by atoms with Crippen LogP contribution in [0.5, 0.6) is 5.75 Å². The number of methoxy groups -OCH3 is 1. The lowest BCUT2D eigenvalue weighted by Crippen LogP contribution is -2.08. The van der Waals surface area contributed by atoms with Gasteiger partial charge in [-0.25, -0.2) is 4.79 Å². The Labute approximate surface area is 106 Å². The third-order valence-electron chi connectivity index (χ3n) is 2.22. The first kappa shape index (κ1) is 13.6. The van der Waals surface area contributed by atoms with E-state index in [4.69, 9.17) is 22.1 Å². The normalized spacial score (nSPS) is 10.1. The Morgan fingerprint density at radius 1 is 1.47 bits per heavy atom. The van der Waals surface area contributed by atoms with E-state index < -0.39 is 5.97 Å². The topological polar surface area (TPSA) is 61.5 Å². The van der Waals surface area contributed by atoms with Crippen molar-refractivity contribution in [2.75, 3.05) is 19.5 Å². The van der Waals surface area contributed by atoms with Crippen molar-refractivity contribution in [3.63, 3.8) is 0 Å². The fourth-order valence-electron chi connectivity index (χ4n) is 1.34. The number of benzene rings is 1. The first-order chi connectivity index (χ1) is 8.10. The van der Waals surface area contributed by atoms with Gasteiger partial charge in [-0.1, -0.05) is 24.9 Å². The van der Waals surface area contributed by atoms with Gasteiger partial charge >= 0.3 is 5.97 Å². The van der Waals surface area contributed by atoms with Crippen molar-refractivity contribution >= 4 is 23.3 Å². The summed E-state index contributed by atoms with van der Waals surface area (Å²) in [5.74, 6) is -0.174. The molecular formula is C12H16ClNO3. The van der Waals surface area contributed by atoms with Crippen LogP contribution in [-0.2, 0) is 4.74 Å². The molecule has 0 aromatic heterocycles. The van der Waals surface area contributed by atoms with E-state index in [-0.39, 0.29) is 5.56 Å². The fraction of sp³-hybridized carbons (Fsp3) is 0.417. The molecule has 0 aliphatic rings. The summed E-state index contributed by atoms with van der Waals surface area (Å²) in [4.78, 5) is 11.6. The first-order valence-corrected chi connectivity index (χ1v) is 5.78. The Bertz CT molecular complexity index is 407. The minimum Gasteiger partial charge on any atom is -0.491 e. The summed E-state index contributed by atoms with van der Waals surface area (Å²) < 4.78 is 10.2. The van der Waals surface area contributed by atoms with Crippen LogP contribution in [0.15, 0.2) is 12.1 Å². The predicted molar refractivity (Wildman–Crippen MR) is 67.6 cm³/mol. The van der Waals surface area contributed by atoms with Crippen LogP contribution in [-0.4, -0.2) is 19.7 Å². The molecule has 94 valence electrons. The molecule has 0 bridgehead atoms. The molecule has 0 fully saturated rings. The van der Waals surface area contributed by atoms with Gasteiger partial charge in [0.2, 0.25) is 0 Å². The molecule has 2 N–H and O–H groups in total. The molecule has 0 aliphatic carbocycles. The van der Waals surface area contributed by atoms with Crippen molar-refractivity contribution in [2.45, 2.75) is 19.8 Å². The Balaban J connectivity index is 3.03. The van der Waals surface area contributed by atoms with Crippen molar-refractivity contribution in [2.24, 2.45) is 0 Å². The lowest BCUT2D eigenvalue weighted by Gasteiger charge is -2.12. The van der Waals surface area contributed by atoms with Crippen LogP contribution < -0.4 is 10.5 Å². The van der Waals surface area contributed by atoms with Gasteiger partial charge in [-0.2, -0.15) is 0 Å². The van der Waals surface area contributed by atoms with E-state index in [1.54, 1.807) is 6.07 Å². The van der Waals surface area contributed by atoms with E-state index in [0.29, 0.717) is 23.1 Å². The van der Waals surface area contributed by atoms with Crippen molar-refractivity contribution in [3.05, 3.63) is 22.7 Å². The van der Waals surface area contributed by atoms with Gasteiger partial charge in [-0.15, -0.1) is 0 Å². The van der Waals surface area contributed by atoms with Gasteiger partial charge in [-0.05, 0) is 18.6 Å². The van der Waals surface area contributed by atoms with Crippen LogP contribution in [0.3, 0.4) is 0 Å². The van der Waals surface area contributed by atoms with Gasteiger partial charge in [0.25, 0.3) is 0 Å². The molecule has 0 atom stereocenters. The zero-order chi connectivity index (χ0) is 12.8. The smallest absolute Gasteiger partial charge is 0.341 e. The quantitative estimate of drug-likeness (QED) is 0.501. The number of rotatable bonds is 5. The second-order valence-electron chi connectivity index (χ2n) is 3.57. The van der Waals surface area contributed by atoms with Crippen LogP contribution >= 0.6 is 11.6 Å². The molecular weight excluding hydrogens is 242 g/mol. The number of anilines is 1. The number of carbonyl (C=O) groups is 1. The lowest BCUT2D eigenvalue weighted by atomic mass is 10.2. The van der Waals surface area contributed by atoms with Gasteiger partial charge in [-0.3, -0.25) is 0 Å². The zero-order valence-electron chi connectivity index (χ0n) is 9.96. The Morgan fingerprint density at radius 2 is 2.18 bits per heavy atom. The molecule has 0 heterocycles. The van der Waals surface area contributed by atoms with Crippen LogP contribution in [0.4, 0.5) is 5.69 Å². The average molecular weight is 258 g/mol. The molecule has 5 heteroatoms. The third-order valence-corrected chi connectivity index (χ3v) is 2.50. The molecule has 0 saturated carbocycles. The lowest BCUT2D eigenvalue weighted by molar-refractivity contribution is 0.0596. The van der Waals surface area contributed by atoms with Crippen molar-refractivity contribution in [1.82, 2.24) is 0 Å². The van der Waals surface area contributed by atoms with Gasteiger partial charge < -0.3 is 15.2 Å². The number of hydrogen-bond donors (Lipinski definition) is 1. The van der Waals surface area contributed by atoms with Gasteiger partial charge in [0.05, 0.1) is 18.7 Å². The predicted octanol–water partition coefficient (Wildman–Crippen LogP) is 2.89. The first-order valence-electron chi connectivity index (χ1n) is 5.40. The van der Waals surface area contributed by atoms with Gasteiger partial charge in [0.1, 0.15) is 5.56 Å². The molecule has 0 saturated heterocycles. The largest absolute Gasteiger partial charge is 0.491 e. The Kier molecular flexibility index (Phi) is 5.10. The molecule has 4 nitrogen and oxygen atoms in total. The number of nitrogens with two attached hydrogens (primary N) is 1. The second kappa shape index (κ2) is 6.35. The molecule has 1 aromatic rings. The van der Waals surface area contributed by atoms with Crippen LogP contribution in [0.2, 0.25) is 5.02 Å². The summed E-state index contributed by atoms with van der Waals surface area (Å²) in [5.41, 5.74) is 6.29. The summed E-state index contributed by atoms with van der Waals surface area (Å²) in [7, 11) is 1.30. The summed E-state index contributed by atoms with van der Waals surface area (Å²) in [6, 6.07) is 3.05. The van der Waals surface area contributed by atoms with Crippen molar-refractivity contribution in [1.29, 1.82) is 0 Å². The number of esters is 1. The highest BCUT2D eigenvalue weighted by molar-refractivity contribution is 6.33. The minimum atomic E-state index is -0.509. The molecule has 0 spiro atoms. The number of ether oxygens (including phenoxy) is 2. The van der Waals surface area contributed by atoms with Crippen LogP contribution in [0.25, 0.3) is 0 Å². The highest BCUT2D eigenvalue weighted by Crippen LogP contribution is 2.32. The summed E-state index contributed by atoms with van der Waals surface area (Å²) in [6.45, 7) is 2.55. The maximum atomic E-state index is 11.6. The van der Waals surface area contributed by atoms with Gasteiger partial charge in [0.15, 0.2) is 5.75 Å². The zero-order valence-corrected chi connectivity index (χ0v) is 10.7. The highest BCUT2D eigenvalue weighted by Gasteiger charge is 2.17. The number of carbonyl (C=O) groups excluding carboxylic acids is 1. The maximum Gasteiger partial charge on any atom is 0.341 e. The molecule has 0 radical (unpaired) electrons. The van der Waals surface area contributed by atoms with E-state index in [0.717, 1.165) is 12.8 Å². The maximum absolute atomic E-state index is 11.6. The second-order valence-corrected chi connectivity index (χ2v) is 3.98. The van der Waals surface area contributed by atoms with Gasteiger partial charge in [0, 0.05) is 5.69 Å². The van der Waals surface area contributed by atoms with Crippen molar-refractivity contribution < 1.29 is 14.3 Å². The molecule has 0 unspecified atom stereocenters. The summed E-state index contributed by atoms with van der Waals surface area (Å²) >= 11 is 6.00. The number of nitrogen functional groups attached to an aromatic ring is 1. The SMILES string of the molecule is CCCCOc1c(Cl)cc(N)cc1C(=O)OC. The monoisotopic (exact) mass is 257 g/mol. The van der Waals surface area contributed by atoms with E-state index in [1.165, 1.54) is 13.2 Å². The summed E-state index contributed by atoms with van der Waals surface area (Å²) in [6.07, 6.45) is 1.89. The summed E-state index contributed by atoms with van der Waals surface area (Å²) in [5, 5.41) is 0.321. The molecule has 1 aromatic carbocycles. The van der Waals surface area contributed by atoms with E-state index in [9.17, 15) is 4.79 Å². The fourth-order valence-corrected chi connectivity index (χ4v) is 1.62. The van der Waals surface area contributed by atoms with E-state index >= 15 is 0 Å². The molecule has 1 rings (SSSR count). The standard InChI is InChI=1S/C12H16ClNO3/c1-3-4-5-17-11-9(12(15)16-2)6-8(14)7-10(11)13/h6-7H,3-5,14H2,1-2H3. The van der Waals surface area contributed by atoms with E-state index in [2.05, 4.69) is 11.7 Å². The number of unbranched alkanes of at least 4 members (excludes halogenated alkanes) is 1. The molecule has 0 aliphatic heterocycles. The third kappa shape index (κ3) is 3.53. The Hall–Kier alpha value is -1.42. The van der Waals surface area contributed by atoms with Crippen LogP contribution in [0, 0.1) is 0 Å². The number of hydrogen-bond acceptors (Lipinski definition) is 4. The van der Waals surface area contributed by atoms with Crippen LogP contribution in [0.1, 0.15) is 30.1 Å². The van der Waals surface area contributed by atoms with E-state index in [1.807, 2.05) is 0 Å². The Morgan fingerprint density at radius 3 is 2.76 bits per heavy atom. The number of halogens is 1. The highest BCUT2D eigenvalue weighted by atomic mass is 35.5. The average Bonchev–Trinajstić information content (AvgIpc) is 2.30. The molecule has 17 heavy (non-hydrogen) atoms. The minimum absolute atomic E-state index is 0.258. The van der Waals surface area contributed by atoms with Crippen molar-refractivity contribution in [3.8, 4) is 5.75 Å². The molecule has 0 amide bonds.